The second kappa shape index (κ2) is 5.27. The van der Waals surface area contributed by atoms with E-state index < -0.39 is 0 Å². The van der Waals surface area contributed by atoms with E-state index in [0.29, 0.717) is 18.2 Å². The number of amides is 1. The van der Waals surface area contributed by atoms with Crippen molar-refractivity contribution in [3.8, 4) is 0 Å². The monoisotopic (exact) mass is 236 g/mol. The van der Waals surface area contributed by atoms with Crippen LogP contribution in [0.25, 0.3) is 0 Å². The van der Waals surface area contributed by atoms with E-state index >= 15 is 0 Å². The molecule has 1 unspecified atom stereocenters. The van der Waals surface area contributed by atoms with Crippen molar-refractivity contribution in [2.75, 3.05) is 19.6 Å². The molecule has 1 heterocycles. The highest BCUT2D eigenvalue weighted by Crippen LogP contribution is 2.10. The van der Waals surface area contributed by atoms with Crippen molar-refractivity contribution < 1.29 is 9.18 Å². The fourth-order valence-electron chi connectivity index (χ4n) is 2.02. The van der Waals surface area contributed by atoms with E-state index in [1.54, 1.807) is 17.0 Å². The Morgan fingerprint density at radius 2 is 2.29 bits per heavy atom. The van der Waals surface area contributed by atoms with Crippen LogP contribution in [0.15, 0.2) is 24.3 Å². The van der Waals surface area contributed by atoms with Gasteiger partial charge in [-0.25, -0.2) is 4.39 Å². The summed E-state index contributed by atoms with van der Waals surface area (Å²) in [6.07, 6.45) is 0.932. The third-order valence-corrected chi connectivity index (χ3v) is 3.07. The molecule has 1 amide bonds. The summed E-state index contributed by atoms with van der Waals surface area (Å²) in [5.74, 6) is -0.447. The predicted molar refractivity (Wildman–Crippen MR) is 64.4 cm³/mol. The first kappa shape index (κ1) is 12.0. The Labute approximate surface area is 101 Å². The van der Waals surface area contributed by atoms with Crippen LogP contribution in [0, 0.1) is 5.82 Å². The van der Waals surface area contributed by atoms with Gasteiger partial charge in [0.1, 0.15) is 5.82 Å². The van der Waals surface area contributed by atoms with Gasteiger partial charge < -0.3 is 10.2 Å². The molecule has 1 N–H and O–H groups in total. The predicted octanol–water partition coefficient (Wildman–Crippen LogP) is 1.65. The average Bonchev–Trinajstić information content (AvgIpc) is 2.53. The minimum atomic E-state index is -0.364. The summed E-state index contributed by atoms with van der Waals surface area (Å²) in [4.78, 5) is 13.9. The van der Waals surface area contributed by atoms with Gasteiger partial charge in [-0.15, -0.1) is 0 Å². The zero-order valence-corrected chi connectivity index (χ0v) is 9.95. The van der Waals surface area contributed by atoms with Gasteiger partial charge in [-0.05, 0) is 31.5 Å². The van der Waals surface area contributed by atoms with Crippen LogP contribution in [0.2, 0.25) is 0 Å². The molecule has 0 saturated carbocycles. The van der Waals surface area contributed by atoms with Crippen molar-refractivity contribution in [1.82, 2.24) is 10.2 Å². The number of hydrogen-bond donors (Lipinski definition) is 1. The van der Waals surface area contributed by atoms with Crippen LogP contribution in [-0.4, -0.2) is 36.5 Å². The lowest BCUT2D eigenvalue weighted by molar-refractivity contribution is 0.0765. The zero-order chi connectivity index (χ0) is 12.3. The normalized spacial score (nSPS) is 21.1. The van der Waals surface area contributed by atoms with E-state index in [4.69, 9.17) is 0 Å². The van der Waals surface area contributed by atoms with E-state index in [-0.39, 0.29) is 11.7 Å². The van der Waals surface area contributed by atoms with Gasteiger partial charge in [-0.2, -0.15) is 0 Å². The molecule has 0 bridgehead atoms. The molecule has 4 heteroatoms. The molecule has 1 atom stereocenters. The van der Waals surface area contributed by atoms with Crippen molar-refractivity contribution >= 4 is 5.91 Å². The van der Waals surface area contributed by atoms with Crippen molar-refractivity contribution in [2.24, 2.45) is 0 Å². The van der Waals surface area contributed by atoms with Gasteiger partial charge >= 0.3 is 0 Å². The molecule has 0 radical (unpaired) electrons. The van der Waals surface area contributed by atoms with E-state index in [0.717, 1.165) is 19.5 Å². The fraction of sp³-hybridized carbons (Fsp3) is 0.462. The maximum atomic E-state index is 13.1. The maximum Gasteiger partial charge on any atom is 0.254 e. The second-order valence-electron chi connectivity index (χ2n) is 4.45. The molecular weight excluding hydrogens is 219 g/mol. The first-order chi connectivity index (χ1) is 8.16. The molecular formula is C13H17FN2O. The molecule has 1 fully saturated rings. The SMILES string of the molecule is CC1CCN(C(=O)c2cccc(F)c2)CCN1. The first-order valence-corrected chi connectivity index (χ1v) is 5.95. The molecule has 3 nitrogen and oxygen atoms in total. The number of benzene rings is 1. The quantitative estimate of drug-likeness (QED) is 0.804. The molecule has 0 spiro atoms. The van der Waals surface area contributed by atoms with Gasteiger partial charge in [0.05, 0.1) is 0 Å². The van der Waals surface area contributed by atoms with Crippen LogP contribution >= 0.6 is 0 Å². The lowest BCUT2D eigenvalue weighted by atomic mass is 10.2. The number of halogens is 1. The summed E-state index contributed by atoms with van der Waals surface area (Å²) in [6.45, 7) is 4.31. The summed E-state index contributed by atoms with van der Waals surface area (Å²) < 4.78 is 13.1. The Hall–Kier alpha value is -1.42. The van der Waals surface area contributed by atoms with E-state index in [2.05, 4.69) is 12.2 Å². The lowest BCUT2D eigenvalue weighted by Gasteiger charge is -2.20. The number of carbonyl (C=O) groups excluding carboxylic acids is 1. The Balaban J connectivity index is 2.09. The maximum absolute atomic E-state index is 13.1. The Bertz CT molecular complexity index is 408. The zero-order valence-electron chi connectivity index (χ0n) is 9.95. The number of nitrogens with zero attached hydrogens (tertiary/aromatic N) is 1. The molecule has 0 aromatic heterocycles. The van der Waals surface area contributed by atoms with Gasteiger partial charge in [0.25, 0.3) is 5.91 Å². The van der Waals surface area contributed by atoms with E-state index in [9.17, 15) is 9.18 Å². The van der Waals surface area contributed by atoms with Crippen LogP contribution in [0.4, 0.5) is 4.39 Å². The fourth-order valence-corrected chi connectivity index (χ4v) is 2.02. The number of nitrogens with one attached hydrogen (secondary N) is 1. The first-order valence-electron chi connectivity index (χ1n) is 5.95. The standard InChI is InChI=1S/C13H17FN2O/c1-10-5-7-16(8-6-15-10)13(17)11-3-2-4-12(14)9-11/h2-4,9-10,15H,5-8H2,1H3. The Morgan fingerprint density at radius 1 is 1.47 bits per heavy atom. The summed E-state index contributed by atoms with van der Waals surface area (Å²) in [7, 11) is 0. The van der Waals surface area contributed by atoms with Crippen molar-refractivity contribution in [3.05, 3.63) is 35.6 Å². The summed E-state index contributed by atoms with van der Waals surface area (Å²) >= 11 is 0. The topological polar surface area (TPSA) is 32.3 Å². The summed E-state index contributed by atoms with van der Waals surface area (Å²) in [5.41, 5.74) is 0.430. The molecule has 2 rings (SSSR count). The van der Waals surface area contributed by atoms with Gasteiger partial charge in [0, 0.05) is 31.2 Å². The largest absolute Gasteiger partial charge is 0.337 e. The van der Waals surface area contributed by atoms with Gasteiger partial charge in [-0.1, -0.05) is 6.07 Å². The number of carbonyl (C=O) groups is 1. The molecule has 0 aliphatic carbocycles. The molecule has 92 valence electrons. The summed E-state index contributed by atoms with van der Waals surface area (Å²) in [6, 6.07) is 6.31. The third-order valence-electron chi connectivity index (χ3n) is 3.07. The highest BCUT2D eigenvalue weighted by Gasteiger charge is 2.19. The number of hydrogen-bond acceptors (Lipinski definition) is 2. The average molecular weight is 236 g/mol. The van der Waals surface area contributed by atoms with E-state index in [1.807, 2.05) is 0 Å². The molecule has 17 heavy (non-hydrogen) atoms. The van der Waals surface area contributed by atoms with Crippen LogP contribution in [0.5, 0.6) is 0 Å². The van der Waals surface area contributed by atoms with E-state index in [1.165, 1.54) is 12.1 Å². The minimum Gasteiger partial charge on any atom is -0.337 e. The van der Waals surface area contributed by atoms with Gasteiger partial charge in [0.15, 0.2) is 0 Å². The van der Waals surface area contributed by atoms with Gasteiger partial charge in [-0.3, -0.25) is 4.79 Å². The summed E-state index contributed by atoms with van der Waals surface area (Å²) in [5, 5.41) is 3.32. The number of rotatable bonds is 1. The van der Waals surface area contributed by atoms with Crippen LogP contribution < -0.4 is 5.32 Å². The van der Waals surface area contributed by atoms with Crippen molar-refractivity contribution in [3.63, 3.8) is 0 Å². The molecule has 1 aliphatic heterocycles. The highest BCUT2D eigenvalue weighted by atomic mass is 19.1. The lowest BCUT2D eigenvalue weighted by Crippen LogP contribution is -2.34. The van der Waals surface area contributed by atoms with Crippen LogP contribution in [0.1, 0.15) is 23.7 Å². The molecule has 1 saturated heterocycles. The molecule has 1 aliphatic rings. The molecule has 1 aromatic carbocycles. The Morgan fingerprint density at radius 3 is 3.06 bits per heavy atom. The van der Waals surface area contributed by atoms with Gasteiger partial charge in [0.2, 0.25) is 0 Å². The van der Waals surface area contributed by atoms with Crippen LogP contribution in [0.3, 0.4) is 0 Å². The van der Waals surface area contributed by atoms with Crippen molar-refractivity contribution in [2.45, 2.75) is 19.4 Å². The highest BCUT2D eigenvalue weighted by molar-refractivity contribution is 5.94. The van der Waals surface area contributed by atoms with Crippen LogP contribution in [-0.2, 0) is 0 Å². The molecule has 1 aromatic rings. The second-order valence-corrected chi connectivity index (χ2v) is 4.45. The minimum absolute atomic E-state index is 0.0830. The Kier molecular flexibility index (Phi) is 3.74. The third kappa shape index (κ3) is 3.03. The van der Waals surface area contributed by atoms with Crippen molar-refractivity contribution in [1.29, 1.82) is 0 Å². The smallest absolute Gasteiger partial charge is 0.254 e.